The molecule has 3 heterocycles. The molecule has 7 nitrogen and oxygen atoms in total. The number of fused-ring (bicyclic) bond motifs is 5. The number of carbonyl (C=O) groups is 1. The van der Waals surface area contributed by atoms with E-state index in [4.69, 9.17) is 14.7 Å². The van der Waals surface area contributed by atoms with Gasteiger partial charge >= 0.3 is 0 Å². The van der Waals surface area contributed by atoms with Crippen LogP contribution in [0.5, 0.6) is 5.75 Å². The van der Waals surface area contributed by atoms with Crippen LogP contribution in [-0.4, -0.2) is 32.5 Å². The summed E-state index contributed by atoms with van der Waals surface area (Å²) in [7, 11) is 1.63. The molecule has 0 unspecified atom stereocenters. The van der Waals surface area contributed by atoms with Crippen LogP contribution < -0.4 is 10.1 Å². The van der Waals surface area contributed by atoms with Gasteiger partial charge in [-0.1, -0.05) is 41.7 Å². The standard InChI is InChI=1S/C25H19N5O2S/c1-32-15-10-11-19-21(14-15)33-25(28-19)29-22(31)12-13-30-20-9-5-2-6-16(20)23-24(30)27-18-8-4-3-7-17(18)26-23/h2-11,14H,12-13H2,1H3,(H,28,29,31). The van der Waals surface area contributed by atoms with E-state index in [-0.39, 0.29) is 5.91 Å². The van der Waals surface area contributed by atoms with E-state index in [9.17, 15) is 4.79 Å². The number of hydrogen-bond donors (Lipinski definition) is 1. The number of para-hydroxylation sites is 3. The second kappa shape index (κ2) is 7.83. The van der Waals surface area contributed by atoms with Crippen molar-refractivity contribution < 1.29 is 9.53 Å². The highest BCUT2D eigenvalue weighted by atomic mass is 32.1. The summed E-state index contributed by atoms with van der Waals surface area (Å²) in [6.07, 6.45) is 0.293. The Kier molecular flexibility index (Phi) is 4.66. The number of methoxy groups -OCH3 is 1. The number of amides is 1. The van der Waals surface area contributed by atoms with Gasteiger partial charge in [-0.3, -0.25) is 4.79 Å². The Hall–Kier alpha value is -4.04. The Labute approximate surface area is 192 Å². The van der Waals surface area contributed by atoms with E-state index in [1.165, 1.54) is 11.3 Å². The molecule has 6 rings (SSSR count). The number of carbonyl (C=O) groups excluding carboxylic acids is 1. The quantitative estimate of drug-likeness (QED) is 0.379. The summed E-state index contributed by atoms with van der Waals surface area (Å²) in [5.41, 5.74) is 5.18. The van der Waals surface area contributed by atoms with Crippen LogP contribution in [-0.2, 0) is 11.3 Å². The predicted octanol–water partition coefficient (Wildman–Crippen LogP) is 5.38. The number of aromatic nitrogens is 4. The molecular weight excluding hydrogens is 434 g/mol. The third-order valence-electron chi connectivity index (χ3n) is 5.66. The van der Waals surface area contributed by atoms with Crippen LogP contribution in [0.25, 0.3) is 43.3 Å². The second-order valence-corrected chi connectivity index (χ2v) is 8.73. The van der Waals surface area contributed by atoms with Gasteiger partial charge in [0, 0.05) is 18.4 Å². The van der Waals surface area contributed by atoms with E-state index < -0.39 is 0 Å². The zero-order chi connectivity index (χ0) is 22.4. The average Bonchev–Trinajstić information content (AvgIpc) is 3.38. The fourth-order valence-corrected chi connectivity index (χ4v) is 5.00. The molecule has 0 aliphatic rings. The van der Waals surface area contributed by atoms with Crippen molar-refractivity contribution in [3.05, 3.63) is 66.7 Å². The summed E-state index contributed by atoms with van der Waals surface area (Å²) >= 11 is 1.43. The molecule has 33 heavy (non-hydrogen) atoms. The second-order valence-electron chi connectivity index (χ2n) is 7.70. The minimum absolute atomic E-state index is 0.0966. The normalized spacial score (nSPS) is 11.5. The first-order chi connectivity index (χ1) is 16.2. The first-order valence-electron chi connectivity index (χ1n) is 10.6. The molecule has 0 atom stereocenters. The molecule has 0 bridgehead atoms. The van der Waals surface area contributed by atoms with Crippen molar-refractivity contribution in [1.29, 1.82) is 0 Å². The Morgan fingerprint density at radius 3 is 2.61 bits per heavy atom. The number of nitrogens with zero attached hydrogens (tertiary/aromatic N) is 4. The lowest BCUT2D eigenvalue weighted by Crippen LogP contribution is -2.14. The molecule has 0 saturated carbocycles. The third kappa shape index (κ3) is 3.44. The van der Waals surface area contributed by atoms with E-state index in [1.54, 1.807) is 7.11 Å². The van der Waals surface area contributed by atoms with Crippen LogP contribution in [0.15, 0.2) is 66.7 Å². The lowest BCUT2D eigenvalue weighted by atomic mass is 10.2. The molecule has 3 aromatic heterocycles. The highest BCUT2D eigenvalue weighted by Gasteiger charge is 2.16. The molecule has 1 amide bonds. The highest BCUT2D eigenvalue weighted by molar-refractivity contribution is 7.22. The third-order valence-corrected chi connectivity index (χ3v) is 6.60. The minimum atomic E-state index is -0.0966. The van der Waals surface area contributed by atoms with E-state index >= 15 is 0 Å². The number of aryl methyl sites for hydroxylation is 1. The van der Waals surface area contributed by atoms with Crippen molar-refractivity contribution in [1.82, 2.24) is 19.5 Å². The number of benzene rings is 3. The summed E-state index contributed by atoms with van der Waals surface area (Å²) in [6.45, 7) is 0.488. The molecular formula is C25H19N5O2S. The number of rotatable bonds is 5. The van der Waals surface area contributed by atoms with E-state index in [1.807, 2.05) is 66.7 Å². The monoisotopic (exact) mass is 453 g/mol. The summed E-state index contributed by atoms with van der Waals surface area (Å²) in [6, 6.07) is 21.6. The molecule has 0 radical (unpaired) electrons. The van der Waals surface area contributed by atoms with Crippen LogP contribution in [0.4, 0.5) is 5.13 Å². The summed E-state index contributed by atoms with van der Waals surface area (Å²) in [5, 5.41) is 4.55. The van der Waals surface area contributed by atoms with Crippen LogP contribution >= 0.6 is 11.3 Å². The molecule has 0 aliphatic carbocycles. The first-order valence-corrected chi connectivity index (χ1v) is 11.4. The van der Waals surface area contributed by atoms with Crippen LogP contribution in [0.1, 0.15) is 6.42 Å². The van der Waals surface area contributed by atoms with Crippen molar-refractivity contribution in [2.24, 2.45) is 0 Å². The highest BCUT2D eigenvalue weighted by Crippen LogP contribution is 2.30. The van der Waals surface area contributed by atoms with Crippen LogP contribution in [0, 0.1) is 0 Å². The number of ether oxygens (including phenoxy) is 1. The fourth-order valence-electron chi connectivity index (χ4n) is 4.09. The number of thiazole rings is 1. The van der Waals surface area contributed by atoms with Gasteiger partial charge in [0.1, 0.15) is 11.3 Å². The Morgan fingerprint density at radius 1 is 0.970 bits per heavy atom. The lowest BCUT2D eigenvalue weighted by molar-refractivity contribution is -0.116. The molecule has 6 aromatic rings. The van der Waals surface area contributed by atoms with Crippen molar-refractivity contribution in [3.8, 4) is 5.75 Å². The van der Waals surface area contributed by atoms with Gasteiger partial charge in [0.15, 0.2) is 10.8 Å². The maximum Gasteiger partial charge on any atom is 0.227 e. The van der Waals surface area contributed by atoms with Crippen LogP contribution in [0.3, 0.4) is 0 Å². The van der Waals surface area contributed by atoms with Gasteiger partial charge in [-0.15, -0.1) is 0 Å². The van der Waals surface area contributed by atoms with E-state index in [2.05, 4.69) is 14.9 Å². The number of nitrogens with one attached hydrogen (secondary N) is 1. The van der Waals surface area contributed by atoms with Gasteiger partial charge in [-0.05, 0) is 36.4 Å². The van der Waals surface area contributed by atoms with Crippen molar-refractivity contribution in [2.45, 2.75) is 13.0 Å². The topological polar surface area (TPSA) is 81.9 Å². The van der Waals surface area contributed by atoms with Gasteiger partial charge in [-0.2, -0.15) is 0 Å². The molecule has 1 N–H and O–H groups in total. The maximum absolute atomic E-state index is 12.8. The molecule has 3 aromatic carbocycles. The predicted molar refractivity (Wildman–Crippen MR) is 132 cm³/mol. The summed E-state index contributed by atoms with van der Waals surface area (Å²) in [4.78, 5) is 27.0. The zero-order valence-electron chi connectivity index (χ0n) is 17.8. The fraction of sp³-hybridized carbons (Fsp3) is 0.120. The van der Waals surface area contributed by atoms with Gasteiger partial charge in [-0.25, -0.2) is 15.0 Å². The SMILES string of the molecule is COc1ccc2nc(NC(=O)CCn3c4ccccc4c4nc5ccccc5nc43)sc2c1. The van der Waals surface area contributed by atoms with E-state index in [0.717, 1.165) is 49.1 Å². The van der Waals surface area contributed by atoms with Crippen molar-refractivity contribution in [3.63, 3.8) is 0 Å². The molecule has 0 fully saturated rings. The van der Waals surface area contributed by atoms with E-state index in [0.29, 0.717) is 18.1 Å². The number of anilines is 1. The lowest BCUT2D eigenvalue weighted by Gasteiger charge is -2.07. The Morgan fingerprint density at radius 2 is 1.76 bits per heavy atom. The van der Waals surface area contributed by atoms with Crippen LogP contribution in [0.2, 0.25) is 0 Å². The minimum Gasteiger partial charge on any atom is -0.497 e. The Bertz CT molecular complexity index is 1670. The smallest absolute Gasteiger partial charge is 0.227 e. The molecule has 8 heteroatoms. The largest absolute Gasteiger partial charge is 0.497 e. The van der Waals surface area contributed by atoms with Crippen molar-refractivity contribution in [2.75, 3.05) is 12.4 Å². The molecule has 162 valence electrons. The molecule has 0 aliphatic heterocycles. The maximum atomic E-state index is 12.8. The number of hydrogen-bond acceptors (Lipinski definition) is 6. The molecule has 0 saturated heterocycles. The first kappa shape index (κ1) is 19.6. The zero-order valence-corrected chi connectivity index (χ0v) is 18.6. The van der Waals surface area contributed by atoms with Crippen molar-refractivity contribution >= 4 is 65.7 Å². The molecule has 0 spiro atoms. The van der Waals surface area contributed by atoms with Gasteiger partial charge in [0.25, 0.3) is 0 Å². The summed E-state index contributed by atoms with van der Waals surface area (Å²) in [5.74, 6) is 0.671. The Balaban J connectivity index is 1.30. The van der Waals surface area contributed by atoms with Gasteiger partial charge in [0.2, 0.25) is 5.91 Å². The summed E-state index contributed by atoms with van der Waals surface area (Å²) < 4.78 is 8.31. The average molecular weight is 454 g/mol. The van der Waals surface area contributed by atoms with Gasteiger partial charge in [0.05, 0.1) is 33.9 Å². The van der Waals surface area contributed by atoms with Gasteiger partial charge < -0.3 is 14.6 Å².